The number of aromatic hydroxyl groups is 2. The summed E-state index contributed by atoms with van der Waals surface area (Å²) in [6.07, 6.45) is 1.70. The molecule has 4 N–H and O–H groups in total. The summed E-state index contributed by atoms with van der Waals surface area (Å²) in [6.45, 7) is 0. The van der Waals surface area contributed by atoms with Crippen LogP contribution in [-0.4, -0.2) is 15.2 Å². The molecule has 0 aliphatic carbocycles. The number of nitrogens with two attached hydrogens (primary N) is 1. The van der Waals surface area contributed by atoms with Crippen LogP contribution in [-0.2, 0) is 0 Å². The van der Waals surface area contributed by atoms with Crippen LogP contribution < -0.4 is 5.73 Å². The second-order valence-electron chi connectivity index (χ2n) is 4.75. The van der Waals surface area contributed by atoms with E-state index in [2.05, 4.69) is 4.98 Å². The highest BCUT2D eigenvalue weighted by Gasteiger charge is 2.07. The fourth-order valence-corrected chi connectivity index (χ4v) is 2.16. The van der Waals surface area contributed by atoms with Gasteiger partial charge >= 0.3 is 0 Å². The van der Waals surface area contributed by atoms with E-state index in [-0.39, 0.29) is 11.5 Å². The van der Waals surface area contributed by atoms with Crippen molar-refractivity contribution in [3.63, 3.8) is 0 Å². The van der Waals surface area contributed by atoms with Crippen LogP contribution in [0.15, 0.2) is 60.8 Å². The number of phenols is 2. The van der Waals surface area contributed by atoms with Crippen molar-refractivity contribution in [3.8, 4) is 33.8 Å². The first-order valence-corrected chi connectivity index (χ1v) is 6.48. The summed E-state index contributed by atoms with van der Waals surface area (Å²) in [7, 11) is 0. The topological polar surface area (TPSA) is 79.4 Å². The van der Waals surface area contributed by atoms with E-state index in [0.29, 0.717) is 5.82 Å². The number of hydrogen-bond acceptors (Lipinski definition) is 4. The standard InChI is InChI=1S/C17H14N2O2/c18-17-16(12-3-7-15(21)8-4-12)9-13(10-19-17)11-1-5-14(20)6-2-11/h1-10,20-21H,(H2,18,19). The fourth-order valence-electron chi connectivity index (χ4n) is 2.16. The Hall–Kier alpha value is -3.01. The van der Waals surface area contributed by atoms with Crippen LogP contribution >= 0.6 is 0 Å². The predicted octanol–water partition coefficient (Wildman–Crippen LogP) is 3.41. The summed E-state index contributed by atoms with van der Waals surface area (Å²) in [4.78, 5) is 4.23. The van der Waals surface area contributed by atoms with Crippen LogP contribution in [0.2, 0.25) is 0 Å². The van der Waals surface area contributed by atoms with Gasteiger partial charge in [-0.3, -0.25) is 0 Å². The van der Waals surface area contributed by atoms with Crippen LogP contribution in [0.4, 0.5) is 5.82 Å². The second kappa shape index (κ2) is 5.17. The molecule has 0 spiro atoms. The molecule has 0 saturated heterocycles. The third kappa shape index (κ3) is 2.65. The van der Waals surface area contributed by atoms with E-state index in [0.717, 1.165) is 22.3 Å². The minimum absolute atomic E-state index is 0.208. The maximum Gasteiger partial charge on any atom is 0.131 e. The predicted molar refractivity (Wildman–Crippen MR) is 82.9 cm³/mol. The summed E-state index contributed by atoms with van der Waals surface area (Å²) in [5.74, 6) is 0.865. The SMILES string of the molecule is Nc1ncc(-c2ccc(O)cc2)cc1-c1ccc(O)cc1. The first kappa shape index (κ1) is 13.0. The number of aromatic nitrogens is 1. The normalized spacial score (nSPS) is 10.5. The molecular weight excluding hydrogens is 264 g/mol. The third-order valence-corrected chi connectivity index (χ3v) is 3.30. The van der Waals surface area contributed by atoms with Crippen molar-refractivity contribution in [3.05, 3.63) is 60.8 Å². The van der Waals surface area contributed by atoms with Gasteiger partial charge in [-0.05, 0) is 41.5 Å². The lowest BCUT2D eigenvalue weighted by molar-refractivity contribution is 0.475. The van der Waals surface area contributed by atoms with E-state index in [1.165, 1.54) is 0 Å². The molecular formula is C17H14N2O2. The molecule has 3 aromatic rings. The van der Waals surface area contributed by atoms with Crippen LogP contribution in [0.3, 0.4) is 0 Å². The highest BCUT2D eigenvalue weighted by molar-refractivity contribution is 5.79. The number of nitrogens with zero attached hydrogens (tertiary/aromatic N) is 1. The van der Waals surface area contributed by atoms with Gasteiger partial charge in [0.2, 0.25) is 0 Å². The number of phenolic OH excluding ortho intramolecular Hbond substituents is 2. The molecule has 0 atom stereocenters. The summed E-state index contributed by atoms with van der Waals surface area (Å²) in [5, 5.41) is 18.7. The van der Waals surface area contributed by atoms with Gasteiger partial charge in [0.15, 0.2) is 0 Å². The molecule has 104 valence electrons. The van der Waals surface area contributed by atoms with E-state index >= 15 is 0 Å². The quantitative estimate of drug-likeness (QED) is 0.671. The number of hydrogen-bond donors (Lipinski definition) is 3. The Balaban J connectivity index is 2.07. The van der Waals surface area contributed by atoms with Crippen LogP contribution in [0.5, 0.6) is 11.5 Å². The van der Waals surface area contributed by atoms with E-state index in [1.807, 2.05) is 18.2 Å². The Labute approximate surface area is 122 Å². The molecule has 3 rings (SSSR count). The van der Waals surface area contributed by atoms with Crippen LogP contribution in [0, 0.1) is 0 Å². The molecule has 0 fully saturated rings. The van der Waals surface area contributed by atoms with Gasteiger partial charge in [-0.15, -0.1) is 0 Å². The molecule has 0 unspecified atom stereocenters. The van der Waals surface area contributed by atoms with Gasteiger partial charge in [-0.1, -0.05) is 24.3 Å². The molecule has 21 heavy (non-hydrogen) atoms. The van der Waals surface area contributed by atoms with Gasteiger partial charge in [0.25, 0.3) is 0 Å². The lowest BCUT2D eigenvalue weighted by atomic mass is 10.0. The van der Waals surface area contributed by atoms with Crippen molar-refractivity contribution >= 4 is 5.82 Å². The molecule has 0 amide bonds. The fraction of sp³-hybridized carbons (Fsp3) is 0. The van der Waals surface area contributed by atoms with Gasteiger partial charge < -0.3 is 15.9 Å². The number of rotatable bonds is 2. The molecule has 4 nitrogen and oxygen atoms in total. The molecule has 1 aromatic heterocycles. The number of benzene rings is 2. The molecule has 4 heteroatoms. The van der Waals surface area contributed by atoms with Gasteiger partial charge in [0.05, 0.1) is 0 Å². The first-order valence-electron chi connectivity index (χ1n) is 6.48. The highest BCUT2D eigenvalue weighted by atomic mass is 16.3. The van der Waals surface area contributed by atoms with Crippen molar-refractivity contribution in [2.75, 3.05) is 5.73 Å². The summed E-state index contributed by atoms with van der Waals surface area (Å²) in [6, 6.07) is 15.7. The molecule has 0 saturated carbocycles. The Morgan fingerprint density at radius 3 is 1.81 bits per heavy atom. The Bertz CT molecular complexity index is 766. The molecule has 1 heterocycles. The van der Waals surface area contributed by atoms with Gasteiger partial charge in [-0.2, -0.15) is 0 Å². The zero-order valence-corrected chi connectivity index (χ0v) is 11.2. The number of anilines is 1. The van der Waals surface area contributed by atoms with Gasteiger partial charge in [0.1, 0.15) is 17.3 Å². The lowest BCUT2D eigenvalue weighted by Crippen LogP contribution is -1.94. The van der Waals surface area contributed by atoms with Crippen LogP contribution in [0.1, 0.15) is 0 Å². The van der Waals surface area contributed by atoms with Gasteiger partial charge in [-0.25, -0.2) is 4.98 Å². The van der Waals surface area contributed by atoms with Crippen molar-refractivity contribution in [1.29, 1.82) is 0 Å². The zero-order chi connectivity index (χ0) is 14.8. The summed E-state index contributed by atoms with van der Waals surface area (Å²) in [5.41, 5.74) is 9.50. The molecule has 0 aliphatic rings. The van der Waals surface area contributed by atoms with Crippen molar-refractivity contribution in [2.45, 2.75) is 0 Å². The molecule has 0 bridgehead atoms. The van der Waals surface area contributed by atoms with E-state index < -0.39 is 0 Å². The van der Waals surface area contributed by atoms with E-state index in [1.54, 1.807) is 42.6 Å². The molecule has 0 radical (unpaired) electrons. The summed E-state index contributed by atoms with van der Waals surface area (Å²) >= 11 is 0. The Kier molecular flexibility index (Phi) is 3.20. The maximum atomic E-state index is 9.36. The minimum atomic E-state index is 0.208. The zero-order valence-electron chi connectivity index (χ0n) is 11.2. The monoisotopic (exact) mass is 278 g/mol. The van der Waals surface area contributed by atoms with Crippen molar-refractivity contribution in [2.24, 2.45) is 0 Å². The summed E-state index contributed by atoms with van der Waals surface area (Å²) < 4.78 is 0. The largest absolute Gasteiger partial charge is 0.508 e. The number of pyridine rings is 1. The van der Waals surface area contributed by atoms with Crippen LogP contribution in [0.25, 0.3) is 22.3 Å². The van der Waals surface area contributed by atoms with Crippen molar-refractivity contribution < 1.29 is 10.2 Å². The van der Waals surface area contributed by atoms with E-state index in [9.17, 15) is 10.2 Å². The smallest absolute Gasteiger partial charge is 0.131 e. The Morgan fingerprint density at radius 2 is 1.24 bits per heavy atom. The average molecular weight is 278 g/mol. The maximum absolute atomic E-state index is 9.36. The van der Waals surface area contributed by atoms with Crippen molar-refractivity contribution in [1.82, 2.24) is 4.98 Å². The minimum Gasteiger partial charge on any atom is -0.508 e. The third-order valence-electron chi connectivity index (χ3n) is 3.30. The highest BCUT2D eigenvalue weighted by Crippen LogP contribution is 2.30. The van der Waals surface area contributed by atoms with Gasteiger partial charge in [0, 0.05) is 17.3 Å². The second-order valence-corrected chi connectivity index (χ2v) is 4.75. The number of nitrogen functional groups attached to an aromatic ring is 1. The molecule has 2 aromatic carbocycles. The first-order chi connectivity index (χ1) is 10.1. The molecule has 0 aliphatic heterocycles. The average Bonchev–Trinajstić information content (AvgIpc) is 2.50. The lowest BCUT2D eigenvalue weighted by Gasteiger charge is -2.09. The van der Waals surface area contributed by atoms with E-state index in [4.69, 9.17) is 5.73 Å². The Morgan fingerprint density at radius 1 is 0.714 bits per heavy atom.